The third kappa shape index (κ3) is 5.03. The Kier molecular flexibility index (Phi) is 8.05. The van der Waals surface area contributed by atoms with E-state index < -0.39 is 26.4 Å². The minimum atomic E-state index is -1.99. The number of esters is 2. The van der Waals surface area contributed by atoms with E-state index in [2.05, 4.69) is 27.4 Å². The van der Waals surface area contributed by atoms with Crippen molar-refractivity contribution in [2.24, 2.45) is 0 Å². The Labute approximate surface area is 151 Å². The van der Waals surface area contributed by atoms with Gasteiger partial charge in [-0.2, -0.15) is 0 Å². The Morgan fingerprint density at radius 1 is 1.00 bits per heavy atom. The van der Waals surface area contributed by atoms with Gasteiger partial charge >= 0.3 is 11.9 Å². The van der Waals surface area contributed by atoms with Crippen molar-refractivity contribution in [3.63, 3.8) is 0 Å². The molecular formula is C19H28O5Si. The van der Waals surface area contributed by atoms with Crippen molar-refractivity contribution in [3.8, 4) is 0 Å². The van der Waals surface area contributed by atoms with Crippen LogP contribution in [-0.4, -0.2) is 34.5 Å². The molecule has 25 heavy (non-hydrogen) atoms. The number of rotatable bonds is 9. The summed E-state index contributed by atoms with van der Waals surface area (Å²) >= 11 is 0. The average molecular weight is 365 g/mol. The van der Waals surface area contributed by atoms with E-state index in [0.29, 0.717) is 5.56 Å². The van der Waals surface area contributed by atoms with Crippen molar-refractivity contribution in [1.29, 1.82) is 0 Å². The Hall–Kier alpha value is -1.92. The first kappa shape index (κ1) is 21.1. The van der Waals surface area contributed by atoms with Gasteiger partial charge < -0.3 is 13.9 Å². The molecular weight excluding hydrogens is 336 g/mol. The Morgan fingerprint density at radius 3 is 1.92 bits per heavy atom. The van der Waals surface area contributed by atoms with Crippen molar-refractivity contribution in [3.05, 3.63) is 47.5 Å². The quantitative estimate of drug-likeness (QED) is 0.372. The molecule has 0 radical (unpaired) electrons. The van der Waals surface area contributed by atoms with E-state index >= 15 is 0 Å². The first-order chi connectivity index (χ1) is 11.9. The predicted octanol–water partition coefficient (Wildman–Crippen LogP) is 4.27. The summed E-state index contributed by atoms with van der Waals surface area (Å²) < 4.78 is 16.1. The van der Waals surface area contributed by atoms with Gasteiger partial charge in [-0.3, -0.25) is 0 Å². The molecule has 0 spiro atoms. The summed E-state index contributed by atoms with van der Waals surface area (Å²) in [5.41, 5.74) is 1.48. The molecule has 1 rings (SSSR count). The van der Waals surface area contributed by atoms with Gasteiger partial charge in [0, 0.05) is 0 Å². The molecule has 0 aliphatic heterocycles. The molecule has 0 N–H and O–H groups in total. The maximum Gasteiger partial charge on any atom is 0.337 e. The minimum Gasteiger partial charge on any atom is -0.466 e. The van der Waals surface area contributed by atoms with Gasteiger partial charge in [-0.05, 0) is 35.8 Å². The summed E-state index contributed by atoms with van der Waals surface area (Å²) in [6, 6.07) is 9.71. The van der Waals surface area contributed by atoms with Crippen molar-refractivity contribution in [2.75, 3.05) is 14.2 Å². The zero-order valence-corrected chi connectivity index (χ0v) is 16.8. The highest BCUT2D eigenvalue weighted by molar-refractivity contribution is 6.73. The second kappa shape index (κ2) is 9.53. The van der Waals surface area contributed by atoms with E-state index in [4.69, 9.17) is 13.9 Å². The van der Waals surface area contributed by atoms with Crippen LogP contribution in [0.15, 0.2) is 36.4 Å². The summed E-state index contributed by atoms with van der Waals surface area (Å²) in [5.74, 6) is -0.900. The Balaban J connectivity index is 3.24. The zero-order chi connectivity index (χ0) is 19.0. The van der Waals surface area contributed by atoms with Crippen molar-refractivity contribution in [2.45, 2.75) is 45.0 Å². The highest BCUT2D eigenvalue weighted by Gasteiger charge is 2.35. The summed E-state index contributed by atoms with van der Waals surface area (Å²) in [7, 11) is 0.679. The molecule has 0 aromatic heterocycles. The monoisotopic (exact) mass is 364 g/mol. The molecule has 0 aliphatic rings. The summed E-state index contributed by atoms with van der Waals surface area (Å²) in [6.07, 6.45) is -0.578. The third-order valence-electron chi connectivity index (χ3n) is 4.70. The van der Waals surface area contributed by atoms with Crippen LogP contribution < -0.4 is 0 Å². The van der Waals surface area contributed by atoms with Crippen LogP contribution in [0.1, 0.15) is 42.8 Å². The number of benzene rings is 1. The zero-order valence-electron chi connectivity index (χ0n) is 15.8. The molecule has 1 aromatic rings. The second-order valence-corrected chi connectivity index (χ2v) is 10.6. The topological polar surface area (TPSA) is 61.8 Å². The number of hydrogen-bond donors (Lipinski definition) is 0. The minimum absolute atomic E-state index is 0.264. The first-order valence-corrected chi connectivity index (χ1v) is 11.0. The van der Waals surface area contributed by atoms with Gasteiger partial charge in [0.05, 0.1) is 25.4 Å². The highest BCUT2D eigenvalue weighted by Crippen LogP contribution is 2.34. The number of methoxy groups -OCH3 is 2. The molecule has 0 heterocycles. The van der Waals surface area contributed by atoms with Crippen molar-refractivity contribution < 1.29 is 23.5 Å². The number of carbonyl (C=O) groups is 2. The van der Waals surface area contributed by atoms with Crippen LogP contribution in [0.2, 0.25) is 18.1 Å². The van der Waals surface area contributed by atoms with Gasteiger partial charge in [0.15, 0.2) is 8.32 Å². The Bertz CT molecular complexity index is 596. The molecule has 0 saturated heterocycles. The molecule has 0 bridgehead atoms. The van der Waals surface area contributed by atoms with Gasteiger partial charge in [-0.25, -0.2) is 9.59 Å². The van der Waals surface area contributed by atoms with E-state index in [-0.39, 0.29) is 5.57 Å². The van der Waals surface area contributed by atoms with E-state index in [1.54, 1.807) is 24.3 Å². The standard InChI is InChI=1S/C19H28O5Si/c1-7-25(8-2,9-3)24-17(14(4)18(20)22-5)15-10-12-16(13-11-15)19(21)23-6/h10-13,17H,4,7-9H2,1-3,5-6H3. The lowest BCUT2D eigenvalue weighted by Crippen LogP contribution is -2.38. The second-order valence-electron chi connectivity index (χ2n) is 5.87. The lowest BCUT2D eigenvalue weighted by Gasteiger charge is -2.34. The van der Waals surface area contributed by atoms with Crippen LogP contribution in [0.25, 0.3) is 0 Å². The molecule has 0 aliphatic carbocycles. The maximum atomic E-state index is 12.0. The van der Waals surface area contributed by atoms with Crippen LogP contribution in [0.5, 0.6) is 0 Å². The normalized spacial score (nSPS) is 12.4. The average Bonchev–Trinajstić information content (AvgIpc) is 2.68. The van der Waals surface area contributed by atoms with Crippen molar-refractivity contribution in [1.82, 2.24) is 0 Å². The number of carbonyl (C=O) groups excluding carboxylic acids is 2. The third-order valence-corrected chi connectivity index (χ3v) is 9.30. The van der Waals surface area contributed by atoms with Gasteiger partial charge in [-0.1, -0.05) is 39.5 Å². The molecule has 1 atom stereocenters. The number of hydrogen-bond acceptors (Lipinski definition) is 5. The maximum absolute atomic E-state index is 12.0. The van der Waals surface area contributed by atoms with Crippen LogP contribution in [0.3, 0.4) is 0 Å². The van der Waals surface area contributed by atoms with Gasteiger partial charge in [0.1, 0.15) is 6.10 Å². The molecule has 1 aromatic carbocycles. The van der Waals surface area contributed by atoms with Crippen LogP contribution in [0.4, 0.5) is 0 Å². The van der Waals surface area contributed by atoms with Crippen LogP contribution in [-0.2, 0) is 18.7 Å². The van der Waals surface area contributed by atoms with E-state index in [1.807, 2.05) is 0 Å². The highest BCUT2D eigenvalue weighted by atomic mass is 28.4. The lowest BCUT2D eigenvalue weighted by molar-refractivity contribution is -0.137. The molecule has 6 heteroatoms. The smallest absolute Gasteiger partial charge is 0.337 e. The summed E-state index contributed by atoms with van der Waals surface area (Å²) in [4.78, 5) is 23.7. The largest absolute Gasteiger partial charge is 0.466 e. The molecule has 5 nitrogen and oxygen atoms in total. The fourth-order valence-electron chi connectivity index (χ4n) is 2.74. The molecule has 0 fully saturated rings. The number of ether oxygens (including phenoxy) is 2. The fourth-order valence-corrected chi connectivity index (χ4v) is 5.52. The van der Waals surface area contributed by atoms with Crippen LogP contribution in [0, 0.1) is 0 Å². The summed E-state index contributed by atoms with van der Waals surface area (Å²) in [6.45, 7) is 10.3. The molecule has 0 amide bonds. The van der Waals surface area contributed by atoms with E-state index in [9.17, 15) is 9.59 Å². The fraction of sp³-hybridized carbons (Fsp3) is 0.474. The molecule has 0 saturated carbocycles. The van der Waals surface area contributed by atoms with Gasteiger partial charge in [0.25, 0.3) is 0 Å². The molecule has 138 valence electrons. The van der Waals surface area contributed by atoms with Gasteiger partial charge in [0.2, 0.25) is 0 Å². The van der Waals surface area contributed by atoms with Gasteiger partial charge in [-0.15, -0.1) is 0 Å². The van der Waals surface area contributed by atoms with Crippen LogP contribution >= 0.6 is 0 Å². The predicted molar refractivity (Wildman–Crippen MR) is 100.0 cm³/mol. The van der Waals surface area contributed by atoms with E-state index in [0.717, 1.165) is 23.7 Å². The lowest BCUT2D eigenvalue weighted by atomic mass is 10.0. The summed E-state index contributed by atoms with van der Waals surface area (Å²) in [5, 5.41) is 0. The van der Waals surface area contributed by atoms with Crippen molar-refractivity contribution >= 4 is 20.3 Å². The SMILES string of the molecule is C=C(C(=O)OC)C(O[Si](CC)(CC)CC)c1ccc(C(=O)OC)cc1. The first-order valence-electron chi connectivity index (χ1n) is 8.51. The van der Waals surface area contributed by atoms with E-state index in [1.165, 1.54) is 14.2 Å². The molecule has 1 unspecified atom stereocenters. The Morgan fingerprint density at radius 2 is 1.52 bits per heavy atom.